The summed E-state index contributed by atoms with van der Waals surface area (Å²) >= 11 is 0. The number of nitrogens with zero attached hydrogens (tertiary/aromatic N) is 3. The minimum absolute atomic E-state index is 0.623. The molecule has 9 aromatic carbocycles. The SMILES string of the molecule is c1ccc(-c2cc3c(oc4cccc(-c5ccc(-c6nc(-c7cccc8ccccc78)nc(-c7cccc8ccccc78)n6)cc5)c43)c3ccccc23)cc1. The van der Waals surface area contributed by atoms with Gasteiger partial charge in [0.1, 0.15) is 11.2 Å². The first kappa shape index (κ1) is 31.1. The van der Waals surface area contributed by atoms with E-state index in [1.807, 2.05) is 0 Å². The van der Waals surface area contributed by atoms with E-state index in [0.717, 1.165) is 76.7 Å². The van der Waals surface area contributed by atoms with Crippen LogP contribution in [-0.4, -0.2) is 15.0 Å². The molecule has 0 fully saturated rings. The average Bonchev–Trinajstić information content (AvgIpc) is 3.65. The second kappa shape index (κ2) is 12.6. The first-order valence-corrected chi connectivity index (χ1v) is 18.5. The Morgan fingerprint density at radius 3 is 1.47 bits per heavy atom. The molecule has 0 aliphatic heterocycles. The van der Waals surface area contributed by atoms with Gasteiger partial charge in [-0.3, -0.25) is 0 Å². The van der Waals surface area contributed by atoms with Crippen LogP contribution in [-0.2, 0) is 0 Å². The average molecular weight is 702 g/mol. The molecule has 0 amide bonds. The van der Waals surface area contributed by atoms with Crippen LogP contribution in [0.2, 0.25) is 0 Å². The summed E-state index contributed by atoms with van der Waals surface area (Å²) in [4.78, 5) is 15.4. The van der Waals surface area contributed by atoms with E-state index in [0.29, 0.717) is 17.5 Å². The van der Waals surface area contributed by atoms with E-state index in [1.54, 1.807) is 0 Å². The van der Waals surface area contributed by atoms with Crippen LogP contribution in [0.15, 0.2) is 192 Å². The molecule has 11 aromatic rings. The standard InChI is InChI=1S/C51H31N3O/c1-2-13-34(14-3-1)44-31-45-47-39(23-12-26-46(47)55-48(45)41-22-9-8-21-40(41)44)35-27-29-36(30-28-35)49-52-50(42-24-10-17-32-15-4-6-19-37(32)42)54-51(53-49)43-25-11-18-33-16-5-7-20-38(33)43/h1-31H. The molecule has 0 unspecified atom stereocenters. The van der Waals surface area contributed by atoms with Crippen molar-refractivity contribution in [2.75, 3.05) is 0 Å². The third-order valence-electron chi connectivity index (χ3n) is 10.7. The van der Waals surface area contributed by atoms with Crippen LogP contribution in [0.1, 0.15) is 0 Å². The van der Waals surface area contributed by atoms with Crippen molar-refractivity contribution >= 4 is 54.3 Å². The van der Waals surface area contributed by atoms with E-state index in [-0.39, 0.29) is 0 Å². The van der Waals surface area contributed by atoms with Gasteiger partial charge in [-0.25, -0.2) is 15.0 Å². The maximum atomic E-state index is 6.66. The predicted molar refractivity (Wildman–Crippen MR) is 227 cm³/mol. The minimum atomic E-state index is 0.623. The first-order valence-electron chi connectivity index (χ1n) is 18.5. The zero-order chi connectivity index (χ0) is 36.3. The van der Waals surface area contributed by atoms with E-state index in [4.69, 9.17) is 19.4 Å². The fourth-order valence-corrected chi connectivity index (χ4v) is 8.13. The first-order chi connectivity index (χ1) is 27.3. The molecular formula is C51H31N3O. The van der Waals surface area contributed by atoms with Crippen molar-refractivity contribution < 1.29 is 4.42 Å². The van der Waals surface area contributed by atoms with Gasteiger partial charge in [0, 0.05) is 32.8 Å². The van der Waals surface area contributed by atoms with Crippen molar-refractivity contribution in [1.82, 2.24) is 15.0 Å². The van der Waals surface area contributed by atoms with Crippen LogP contribution < -0.4 is 0 Å². The zero-order valence-corrected chi connectivity index (χ0v) is 29.6. The number of furan rings is 1. The summed E-state index contributed by atoms with van der Waals surface area (Å²) in [6.45, 7) is 0. The Morgan fingerprint density at radius 2 is 0.800 bits per heavy atom. The topological polar surface area (TPSA) is 51.8 Å². The summed E-state index contributed by atoms with van der Waals surface area (Å²) in [5.41, 5.74) is 9.20. The third-order valence-corrected chi connectivity index (χ3v) is 10.7. The highest BCUT2D eigenvalue weighted by Gasteiger charge is 2.19. The minimum Gasteiger partial charge on any atom is -0.455 e. The number of benzene rings is 9. The van der Waals surface area contributed by atoms with Gasteiger partial charge in [0.25, 0.3) is 0 Å². The van der Waals surface area contributed by atoms with Gasteiger partial charge in [-0.1, -0.05) is 176 Å². The lowest BCUT2D eigenvalue weighted by molar-refractivity contribution is 0.673. The van der Waals surface area contributed by atoms with E-state index >= 15 is 0 Å². The van der Waals surface area contributed by atoms with Crippen molar-refractivity contribution in [2.45, 2.75) is 0 Å². The largest absolute Gasteiger partial charge is 0.455 e. The number of hydrogen-bond donors (Lipinski definition) is 0. The fraction of sp³-hybridized carbons (Fsp3) is 0. The Morgan fingerprint density at radius 1 is 0.309 bits per heavy atom. The lowest BCUT2D eigenvalue weighted by Crippen LogP contribution is -2.01. The molecule has 0 atom stereocenters. The van der Waals surface area contributed by atoms with Crippen LogP contribution >= 0.6 is 0 Å². The molecule has 11 rings (SSSR count). The van der Waals surface area contributed by atoms with Crippen molar-refractivity contribution in [1.29, 1.82) is 0 Å². The van der Waals surface area contributed by atoms with E-state index in [1.165, 1.54) is 16.5 Å². The maximum absolute atomic E-state index is 6.66. The Balaban J connectivity index is 1.08. The molecule has 0 aliphatic rings. The fourth-order valence-electron chi connectivity index (χ4n) is 8.13. The van der Waals surface area contributed by atoms with Crippen molar-refractivity contribution in [3.63, 3.8) is 0 Å². The summed E-state index contributed by atoms with van der Waals surface area (Å²) in [6, 6.07) is 65.7. The molecule has 0 bridgehead atoms. The normalized spacial score (nSPS) is 11.6. The molecule has 0 spiro atoms. The number of rotatable bonds is 5. The molecule has 4 heteroatoms. The van der Waals surface area contributed by atoms with Gasteiger partial charge in [0.15, 0.2) is 17.5 Å². The highest BCUT2D eigenvalue weighted by molar-refractivity contribution is 6.22. The van der Waals surface area contributed by atoms with Crippen LogP contribution in [0.5, 0.6) is 0 Å². The molecule has 0 saturated carbocycles. The Labute approximate surface area is 317 Å². The summed E-state index contributed by atoms with van der Waals surface area (Å²) in [7, 11) is 0. The zero-order valence-electron chi connectivity index (χ0n) is 29.6. The molecule has 0 aliphatic carbocycles. The van der Waals surface area contributed by atoms with Gasteiger partial charge in [-0.05, 0) is 61.3 Å². The summed E-state index contributed by atoms with van der Waals surface area (Å²) in [6.07, 6.45) is 0. The Kier molecular flexibility index (Phi) is 7.14. The highest BCUT2D eigenvalue weighted by Crippen LogP contribution is 2.43. The molecule has 0 saturated heterocycles. The second-order valence-electron chi connectivity index (χ2n) is 13.9. The smallest absolute Gasteiger partial charge is 0.164 e. The van der Waals surface area contributed by atoms with Crippen molar-refractivity contribution in [3.8, 4) is 56.4 Å². The second-order valence-corrected chi connectivity index (χ2v) is 13.9. The lowest BCUT2D eigenvalue weighted by atomic mass is 9.93. The molecule has 2 heterocycles. The van der Waals surface area contributed by atoms with Crippen LogP contribution in [0, 0.1) is 0 Å². The van der Waals surface area contributed by atoms with Gasteiger partial charge in [-0.15, -0.1) is 0 Å². The van der Waals surface area contributed by atoms with E-state index < -0.39 is 0 Å². The van der Waals surface area contributed by atoms with E-state index in [2.05, 4.69) is 188 Å². The molecule has 2 aromatic heterocycles. The lowest BCUT2D eigenvalue weighted by Gasteiger charge is -2.12. The van der Waals surface area contributed by atoms with Gasteiger partial charge in [-0.2, -0.15) is 0 Å². The van der Waals surface area contributed by atoms with Gasteiger partial charge < -0.3 is 4.42 Å². The summed E-state index contributed by atoms with van der Waals surface area (Å²) < 4.78 is 6.66. The molecule has 4 nitrogen and oxygen atoms in total. The number of fused-ring (bicyclic) bond motifs is 7. The molecule has 0 radical (unpaired) electrons. The van der Waals surface area contributed by atoms with E-state index in [9.17, 15) is 0 Å². The van der Waals surface area contributed by atoms with Crippen LogP contribution in [0.25, 0.3) is 111 Å². The van der Waals surface area contributed by atoms with Crippen molar-refractivity contribution in [2.24, 2.45) is 0 Å². The van der Waals surface area contributed by atoms with Gasteiger partial charge >= 0.3 is 0 Å². The van der Waals surface area contributed by atoms with Gasteiger partial charge in [0.05, 0.1) is 0 Å². The number of aromatic nitrogens is 3. The molecule has 256 valence electrons. The van der Waals surface area contributed by atoms with Crippen LogP contribution in [0.3, 0.4) is 0 Å². The maximum Gasteiger partial charge on any atom is 0.164 e. The molecule has 0 N–H and O–H groups in total. The summed E-state index contributed by atoms with van der Waals surface area (Å²) in [5, 5.41) is 8.97. The Bertz CT molecular complexity index is 3150. The summed E-state index contributed by atoms with van der Waals surface area (Å²) in [5.74, 6) is 1.91. The number of hydrogen-bond acceptors (Lipinski definition) is 4. The highest BCUT2D eigenvalue weighted by atomic mass is 16.3. The molecular weight excluding hydrogens is 671 g/mol. The third kappa shape index (κ3) is 5.19. The monoisotopic (exact) mass is 701 g/mol. The van der Waals surface area contributed by atoms with Gasteiger partial charge in [0.2, 0.25) is 0 Å². The van der Waals surface area contributed by atoms with Crippen LogP contribution in [0.4, 0.5) is 0 Å². The quantitative estimate of drug-likeness (QED) is 0.179. The van der Waals surface area contributed by atoms with Crippen molar-refractivity contribution in [3.05, 3.63) is 188 Å². The molecule has 55 heavy (non-hydrogen) atoms. The predicted octanol–water partition coefficient (Wildman–Crippen LogP) is 13.6. The Hall–Kier alpha value is -7.43.